The number of carbonyl (C=O) groups is 1. The molecule has 1 amide bonds. The fourth-order valence-corrected chi connectivity index (χ4v) is 4.35. The zero-order valence-electron chi connectivity index (χ0n) is 14.9. The molecule has 3 unspecified atom stereocenters. The Kier molecular flexibility index (Phi) is 5.40. The molecule has 0 aliphatic carbocycles. The fourth-order valence-electron chi connectivity index (χ4n) is 4.35. The summed E-state index contributed by atoms with van der Waals surface area (Å²) in [5.41, 5.74) is 0.884. The highest BCUT2D eigenvalue weighted by molar-refractivity contribution is 5.85. The van der Waals surface area contributed by atoms with Crippen LogP contribution in [0, 0.1) is 5.92 Å². The second kappa shape index (κ2) is 7.38. The van der Waals surface area contributed by atoms with Gasteiger partial charge in [0.25, 0.3) is 0 Å². The van der Waals surface area contributed by atoms with E-state index in [2.05, 4.69) is 11.4 Å². The maximum Gasteiger partial charge on any atom is 0.223 e. The topological polar surface area (TPSA) is 45.5 Å². The van der Waals surface area contributed by atoms with Crippen molar-refractivity contribution in [2.24, 2.45) is 5.92 Å². The van der Waals surface area contributed by atoms with Crippen molar-refractivity contribution in [2.75, 3.05) is 7.05 Å². The van der Waals surface area contributed by atoms with Gasteiger partial charge < -0.3 is 14.6 Å². The minimum Gasteiger partial charge on any atom is -0.459 e. The summed E-state index contributed by atoms with van der Waals surface area (Å²) >= 11 is 0. The van der Waals surface area contributed by atoms with E-state index in [-0.39, 0.29) is 24.4 Å². The van der Waals surface area contributed by atoms with Gasteiger partial charge in [0, 0.05) is 30.9 Å². The van der Waals surface area contributed by atoms with Gasteiger partial charge in [-0.3, -0.25) is 4.79 Å². The maximum atomic E-state index is 12.7. The van der Waals surface area contributed by atoms with Crippen LogP contribution in [0.15, 0.2) is 34.7 Å². The number of furan rings is 1. The van der Waals surface area contributed by atoms with Gasteiger partial charge in [0.15, 0.2) is 0 Å². The number of nitrogens with one attached hydrogen (secondary N) is 1. The Labute approximate surface area is 155 Å². The molecule has 4 rings (SSSR count). The van der Waals surface area contributed by atoms with Gasteiger partial charge in [-0.25, -0.2) is 0 Å². The van der Waals surface area contributed by atoms with Crippen molar-refractivity contribution < 1.29 is 9.21 Å². The summed E-state index contributed by atoms with van der Waals surface area (Å²) in [5, 5.41) is 4.74. The van der Waals surface area contributed by atoms with Crippen LogP contribution in [-0.4, -0.2) is 29.9 Å². The van der Waals surface area contributed by atoms with Gasteiger partial charge in [0.05, 0.1) is 6.04 Å². The predicted molar refractivity (Wildman–Crippen MR) is 102 cm³/mol. The summed E-state index contributed by atoms with van der Waals surface area (Å²) in [6.07, 6.45) is 5.51. The Hall–Kier alpha value is -1.52. The molecule has 2 aromatic rings. The third-order valence-corrected chi connectivity index (χ3v) is 5.86. The number of para-hydroxylation sites is 1. The van der Waals surface area contributed by atoms with Crippen LogP contribution in [0.2, 0.25) is 0 Å². The molecule has 2 aliphatic rings. The van der Waals surface area contributed by atoms with E-state index >= 15 is 0 Å². The molecule has 5 heteroatoms. The highest BCUT2D eigenvalue weighted by atomic mass is 35.5. The van der Waals surface area contributed by atoms with Crippen molar-refractivity contribution in [1.82, 2.24) is 10.2 Å². The maximum absolute atomic E-state index is 12.7. The van der Waals surface area contributed by atoms with Crippen molar-refractivity contribution in [3.8, 4) is 0 Å². The lowest BCUT2D eigenvalue weighted by Gasteiger charge is -2.31. The molecule has 2 saturated heterocycles. The SMILES string of the molecule is CC(c1cc2ccccc2o1)N(C)C(=O)CC1CC2CCC(C1)N2.Cl. The Morgan fingerprint density at radius 2 is 1.96 bits per heavy atom. The van der Waals surface area contributed by atoms with E-state index in [4.69, 9.17) is 4.42 Å². The molecule has 0 saturated carbocycles. The summed E-state index contributed by atoms with van der Waals surface area (Å²) in [5.74, 6) is 1.62. The molecule has 2 fully saturated rings. The number of hydrogen-bond acceptors (Lipinski definition) is 3. The van der Waals surface area contributed by atoms with Crippen LogP contribution < -0.4 is 5.32 Å². The van der Waals surface area contributed by atoms with Crippen molar-refractivity contribution in [3.63, 3.8) is 0 Å². The fraction of sp³-hybridized carbons (Fsp3) is 0.550. The number of carbonyl (C=O) groups excluding carboxylic acids is 1. The molecule has 1 N–H and O–H groups in total. The Balaban J connectivity index is 0.00000182. The number of rotatable bonds is 4. The zero-order valence-corrected chi connectivity index (χ0v) is 15.7. The van der Waals surface area contributed by atoms with E-state index in [0.717, 1.165) is 29.6 Å². The highest BCUT2D eigenvalue weighted by Crippen LogP contribution is 2.34. The molecule has 3 atom stereocenters. The normalized spacial score (nSPS) is 26.2. The number of halogens is 1. The number of amides is 1. The molecule has 136 valence electrons. The highest BCUT2D eigenvalue weighted by Gasteiger charge is 2.35. The quantitative estimate of drug-likeness (QED) is 0.882. The minimum absolute atomic E-state index is 0. The molecule has 0 spiro atoms. The first-order valence-corrected chi connectivity index (χ1v) is 9.10. The van der Waals surface area contributed by atoms with Crippen LogP contribution in [0.5, 0.6) is 0 Å². The van der Waals surface area contributed by atoms with Crippen molar-refractivity contribution >= 4 is 29.3 Å². The molecular formula is C20H27ClN2O2. The van der Waals surface area contributed by atoms with E-state index in [1.807, 2.05) is 43.1 Å². The van der Waals surface area contributed by atoms with Crippen molar-refractivity contribution in [1.29, 1.82) is 0 Å². The summed E-state index contributed by atoms with van der Waals surface area (Å²) in [7, 11) is 1.90. The summed E-state index contributed by atoms with van der Waals surface area (Å²) in [4.78, 5) is 14.6. The van der Waals surface area contributed by atoms with Crippen LogP contribution in [0.1, 0.15) is 50.8 Å². The van der Waals surface area contributed by atoms with Crippen LogP contribution >= 0.6 is 12.4 Å². The number of nitrogens with zero attached hydrogens (tertiary/aromatic N) is 1. The zero-order chi connectivity index (χ0) is 16.7. The second-order valence-electron chi connectivity index (χ2n) is 7.55. The predicted octanol–water partition coefficient (Wildman–Crippen LogP) is 4.29. The summed E-state index contributed by atoms with van der Waals surface area (Å²) in [6.45, 7) is 2.04. The molecule has 2 aliphatic heterocycles. The van der Waals surface area contributed by atoms with Gasteiger partial charge in [0.2, 0.25) is 5.91 Å². The third kappa shape index (κ3) is 3.70. The molecule has 1 aromatic heterocycles. The largest absolute Gasteiger partial charge is 0.459 e. The standard InChI is InChI=1S/C20H26N2O2.ClH/c1-13(19-12-15-5-3-4-6-18(15)24-19)22(2)20(23)11-14-9-16-7-8-17(10-14)21-16;/h3-6,12-14,16-17,21H,7-11H2,1-2H3;1H. The smallest absolute Gasteiger partial charge is 0.223 e. The van der Waals surface area contributed by atoms with E-state index in [1.165, 1.54) is 12.8 Å². The lowest BCUT2D eigenvalue weighted by molar-refractivity contribution is -0.133. The first-order chi connectivity index (χ1) is 11.6. The molecule has 25 heavy (non-hydrogen) atoms. The molecule has 1 aromatic carbocycles. The van der Waals surface area contributed by atoms with E-state index in [0.29, 0.717) is 24.4 Å². The molecule has 2 bridgehead atoms. The molecular weight excluding hydrogens is 336 g/mol. The minimum atomic E-state index is -0.0386. The first kappa shape index (κ1) is 18.3. The summed E-state index contributed by atoms with van der Waals surface area (Å²) in [6, 6.07) is 11.3. The molecule has 0 radical (unpaired) electrons. The van der Waals surface area contributed by atoms with Crippen LogP contribution in [-0.2, 0) is 4.79 Å². The van der Waals surface area contributed by atoms with E-state index < -0.39 is 0 Å². The number of benzene rings is 1. The van der Waals surface area contributed by atoms with Gasteiger partial charge in [0.1, 0.15) is 11.3 Å². The Bertz CT molecular complexity index is 699. The lowest BCUT2D eigenvalue weighted by atomic mass is 9.89. The van der Waals surface area contributed by atoms with Crippen LogP contribution in [0.4, 0.5) is 0 Å². The van der Waals surface area contributed by atoms with Gasteiger partial charge in [-0.15, -0.1) is 12.4 Å². The molecule has 4 nitrogen and oxygen atoms in total. The van der Waals surface area contributed by atoms with Crippen molar-refractivity contribution in [2.45, 2.75) is 57.2 Å². The lowest BCUT2D eigenvalue weighted by Crippen LogP contribution is -2.40. The average molecular weight is 363 g/mol. The van der Waals surface area contributed by atoms with Gasteiger partial charge in [-0.1, -0.05) is 18.2 Å². The van der Waals surface area contributed by atoms with Crippen LogP contribution in [0.3, 0.4) is 0 Å². The first-order valence-electron chi connectivity index (χ1n) is 9.10. The van der Waals surface area contributed by atoms with Crippen molar-refractivity contribution in [3.05, 3.63) is 36.1 Å². The van der Waals surface area contributed by atoms with Gasteiger partial charge in [-0.05, 0) is 50.7 Å². The van der Waals surface area contributed by atoms with E-state index in [1.54, 1.807) is 0 Å². The van der Waals surface area contributed by atoms with E-state index in [9.17, 15) is 4.79 Å². The average Bonchev–Trinajstić information content (AvgIpc) is 3.16. The molecule has 3 heterocycles. The number of fused-ring (bicyclic) bond motifs is 3. The number of piperidine rings is 1. The summed E-state index contributed by atoms with van der Waals surface area (Å²) < 4.78 is 5.93. The third-order valence-electron chi connectivity index (χ3n) is 5.86. The van der Waals surface area contributed by atoms with Gasteiger partial charge in [-0.2, -0.15) is 0 Å². The Morgan fingerprint density at radius 1 is 1.28 bits per heavy atom. The Morgan fingerprint density at radius 3 is 2.64 bits per heavy atom. The monoisotopic (exact) mass is 362 g/mol. The number of hydrogen-bond donors (Lipinski definition) is 1. The van der Waals surface area contributed by atoms with Crippen LogP contribution in [0.25, 0.3) is 11.0 Å². The second-order valence-corrected chi connectivity index (χ2v) is 7.55. The van der Waals surface area contributed by atoms with Gasteiger partial charge >= 0.3 is 0 Å².